The van der Waals surface area contributed by atoms with Crippen molar-refractivity contribution in [2.45, 2.75) is 45.2 Å². The number of amides is 1. The van der Waals surface area contributed by atoms with Gasteiger partial charge in [-0.2, -0.15) is 0 Å². The summed E-state index contributed by atoms with van der Waals surface area (Å²) < 4.78 is 0. The molecule has 8 nitrogen and oxygen atoms in total. The van der Waals surface area contributed by atoms with Gasteiger partial charge in [0.1, 0.15) is 10.7 Å². The minimum absolute atomic E-state index is 0.0778. The van der Waals surface area contributed by atoms with Crippen LogP contribution < -0.4 is 4.90 Å². The van der Waals surface area contributed by atoms with Gasteiger partial charge in [0.25, 0.3) is 0 Å². The van der Waals surface area contributed by atoms with Crippen molar-refractivity contribution in [2.75, 3.05) is 18.0 Å². The summed E-state index contributed by atoms with van der Waals surface area (Å²) >= 11 is 1.55. The van der Waals surface area contributed by atoms with Gasteiger partial charge in [0.05, 0.1) is 11.6 Å². The van der Waals surface area contributed by atoms with Crippen LogP contribution in [0.3, 0.4) is 0 Å². The predicted octanol–water partition coefficient (Wildman–Crippen LogP) is 5.56. The number of hydrogen-bond donors (Lipinski definition) is 1. The number of anilines is 1. The topological polar surface area (TPSA) is 95.3 Å². The second-order valence-corrected chi connectivity index (χ2v) is 10.6. The number of benzene rings is 1. The maximum absolute atomic E-state index is 12.1. The summed E-state index contributed by atoms with van der Waals surface area (Å²) in [4.78, 5) is 34.2. The first-order chi connectivity index (χ1) is 16.8. The number of piperidine rings is 1. The molecule has 1 aromatic carbocycles. The van der Waals surface area contributed by atoms with E-state index in [0.29, 0.717) is 12.4 Å². The van der Waals surface area contributed by atoms with E-state index < -0.39 is 11.6 Å². The lowest BCUT2D eigenvalue weighted by atomic mass is 9.97. The molecule has 4 aromatic rings. The predicted molar refractivity (Wildman–Crippen MR) is 139 cm³/mol. The van der Waals surface area contributed by atoms with Gasteiger partial charge in [-0.25, -0.2) is 19.7 Å². The van der Waals surface area contributed by atoms with Crippen LogP contribution in [0.1, 0.15) is 33.6 Å². The number of nitrogens with zero attached hydrogens (tertiary/aromatic N) is 6. The molecule has 1 saturated heterocycles. The number of fused-ring (bicyclic) bond motifs is 1. The van der Waals surface area contributed by atoms with Crippen molar-refractivity contribution in [3.8, 4) is 22.1 Å². The Morgan fingerprint density at radius 1 is 1.11 bits per heavy atom. The first-order valence-corrected chi connectivity index (χ1v) is 12.6. The zero-order chi connectivity index (χ0) is 24.6. The monoisotopic (exact) mass is 488 g/mol. The van der Waals surface area contributed by atoms with Crippen LogP contribution in [0.15, 0.2) is 54.3 Å². The average Bonchev–Trinajstić information content (AvgIpc) is 3.38. The maximum atomic E-state index is 12.1. The lowest BCUT2D eigenvalue weighted by Gasteiger charge is -2.45. The van der Waals surface area contributed by atoms with E-state index >= 15 is 0 Å². The molecule has 1 aliphatic rings. The third-order valence-electron chi connectivity index (χ3n) is 6.31. The van der Waals surface area contributed by atoms with Gasteiger partial charge in [-0.3, -0.25) is 9.88 Å². The molecule has 9 heteroatoms. The summed E-state index contributed by atoms with van der Waals surface area (Å²) in [6.07, 6.45) is 6.25. The van der Waals surface area contributed by atoms with Gasteiger partial charge in [0.2, 0.25) is 0 Å². The van der Waals surface area contributed by atoms with E-state index in [1.807, 2.05) is 56.6 Å². The summed E-state index contributed by atoms with van der Waals surface area (Å²) in [6.45, 7) is 7.37. The van der Waals surface area contributed by atoms with Crippen molar-refractivity contribution in [3.05, 3.63) is 54.3 Å². The third-order valence-corrected chi connectivity index (χ3v) is 7.11. The van der Waals surface area contributed by atoms with Gasteiger partial charge in [0, 0.05) is 59.2 Å². The summed E-state index contributed by atoms with van der Waals surface area (Å²) in [6, 6.07) is 9.88. The molecule has 1 atom stereocenters. The van der Waals surface area contributed by atoms with Crippen LogP contribution in [0, 0.1) is 0 Å². The van der Waals surface area contributed by atoms with Crippen molar-refractivity contribution in [2.24, 2.45) is 0 Å². The quantitative estimate of drug-likeness (QED) is 0.402. The second-order valence-electron chi connectivity index (χ2n) is 9.73. The van der Waals surface area contributed by atoms with E-state index in [0.717, 1.165) is 52.2 Å². The molecule has 4 heterocycles. The fourth-order valence-electron chi connectivity index (χ4n) is 4.89. The summed E-state index contributed by atoms with van der Waals surface area (Å²) in [5, 5.41) is 13.7. The van der Waals surface area contributed by atoms with E-state index in [1.54, 1.807) is 28.6 Å². The molecule has 1 amide bonds. The van der Waals surface area contributed by atoms with E-state index in [-0.39, 0.29) is 6.04 Å². The number of carboxylic acid groups (broad SMARTS) is 1. The Hall–Kier alpha value is -3.59. The zero-order valence-electron chi connectivity index (χ0n) is 20.0. The molecule has 1 unspecified atom stereocenters. The highest BCUT2D eigenvalue weighted by atomic mass is 32.1. The molecule has 0 bridgehead atoms. The third kappa shape index (κ3) is 4.68. The lowest BCUT2D eigenvalue weighted by Crippen LogP contribution is -2.56. The van der Waals surface area contributed by atoms with Crippen molar-refractivity contribution in [1.82, 2.24) is 24.8 Å². The highest BCUT2D eigenvalue weighted by Crippen LogP contribution is 2.33. The Morgan fingerprint density at radius 3 is 2.69 bits per heavy atom. The molecule has 1 N–H and O–H groups in total. The summed E-state index contributed by atoms with van der Waals surface area (Å²) in [5.74, 6) is 0.635. The molecule has 35 heavy (non-hydrogen) atoms. The molecule has 180 valence electrons. The Balaban J connectivity index is 1.51. The number of pyridine rings is 1. The fourth-order valence-corrected chi connectivity index (χ4v) is 5.50. The lowest BCUT2D eigenvalue weighted by molar-refractivity contribution is 0.0648. The van der Waals surface area contributed by atoms with Gasteiger partial charge in [0.15, 0.2) is 5.82 Å². The van der Waals surface area contributed by atoms with Crippen molar-refractivity contribution >= 4 is 34.0 Å². The van der Waals surface area contributed by atoms with Gasteiger partial charge < -0.3 is 10.0 Å². The number of carbonyl (C=O) groups is 1. The smallest absolute Gasteiger partial charge is 0.408 e. The molecule has 0 radical (unpaired) electrons. The largest absolute Gasteiger partial charge is 0.465 e. The molecular weight excluding hydrogens is 460 g/mol. The minimum Gasteiger partial charge on any atom is -0.465 e. The normalized spacial score (nSPS) is 16.4. The molecule has 0 spiro atoms. The number of hydrogen-bond acceptors (Lipinski definition) is 7. The van der Waals surface area contributed by atoms with Crippen LogP contribution in [0.4, 0.5) is 10.5 Å². The minimum atomic E-state index is -0.872. The van der Waals surface area contributed by atoms with Crippen LogP contribution in [-0.2, 0) is 0 Å². The molecular formula is C26H28N6O2S. The molecule has 5 rings (SSSR count). The highest BCUT2D eigenvalue weighted by Gasteiger charge is 2.36. The fraction of sp³-hybridized carbons (Fsp3) is 0.346. The molecule has 3 aromatic heterocycles. The Labute approximate surface area is 208 Å². The maximum Gasteiger partial charge on any atom is 0.408 e. The Kier molecular flexibility index (Phi) is 6.10. The van der Waals surface area contributed by atoms with E-state index in [1.165, 1.54) is 0 Å². The SMILES string of the molecule is CC(C)(C)N(C(=O)O)C1CCCN(c2ccnc3ccc(-c4nccc(-c5nccs5)n4)cc23)C1. The van der Waals surface area contributed by atoms with Gasteiger partial charge >= 0.3 is 6.09 Å². The van der Waals surface area contributed by atoms with Crippen LogP contribution in [-0.4, -0.2) is 60.7 Å². The zero-order valence-corrected chi connectivity index (χ0v) is 20.9. The van der Waals surface area contributed by atoms with Crippen molar-refractivity contribution < 1.29 is 9.90 Å². The van der Waals surface area contributed by atoms with Gasteiger partial charge in [-0.05, 0) is 63.9 Å². The van der Waals surface area contributed by atoms with E-state index in [4.69, 9.17) is 4.98 Å². The number of aromatic nitrogens is 4. The summed E-state index contributed by atoms with van der Waals surface area (Å²) in [7, 11) is 0. The number of rotatable bonds is 4. The first-order valence-electron chi connectivity index (χ1n) is 11.7. The average molecular weight is 489 g/mol. The van der Waals surface area contributed by atoms with Gasteiger partial charge in [-0.15, -0.1) is 11.3 Å². The Morgan fingerprint density at radius 2 is 1.94 bits per heavy atom. The van der Waals surface area contributed by atoms with Crippen LogP contribution in [0.5, 0.6) is 0 Å². The number of thiazole rings is 1. The van der Waals surface area contributed by atoms with Crippen LogP contribution >= 0.6 is 11.3 Å². The molecule has 0 saturated carbocycles. The molecule has 1 aliphatic heterocycles. The van der Waals surface area contributed by atoms with Crippen LogP contribution in [0.25, 0.3) is 33.0 Å². The van der Waals surface area contributed by atoms with E-state index in [9.17, 15) is 9.90 Å². The molecule has 0 aliphatic carbocycles. The van der Waals surface area contributed by atoms with E-state index in [2.05, 4.69) is 25.9 Å². The van der Waals surface area contributed by atoms with Gasteiger partial charge in [-0.1, -0.05) is 0 Å². The Bertz CT molecular complexity index is 1350. The first kappa shape index (κ1) is 23.2. The summed E-state index contributed by atoms with van der Waals surface area (Å²) in [5.41, 5.74) is 3.17. The highest BCUT2D eigenvalue weighted by molar-refractivity contribution is 7.13. The molecule has 1 fully saturated rings. The van der Waals surface area contributed by atoms with Crippen molar-refractivity contribution in [1.29, 1.82) is 0 Å². The second kappa shape index (κ2) is 9.22. The standard InChI is InChI=1S/C26H28N6O2S/c1-26(2,3)32(25(33)34)18-5-4-13-31(16-18)22-9-11-27-20-7-6-17(15-19(20)22)23-28-10-8-21(30-23)24-29-12-14-35-24/h6-12,14-15,18H,4-5,13,16H2,1-3H3,(H,33,34). The van der Waals surface area contributed by atoms with Crippen molar-refractivity contribution in [3.63, 3.8) is 0 Å². The van der Waals surface area contributed by atoms with Crippen LogP contribution in [0.2, 0.25) is 0 Å².